The number of amides is 1. The third-order valence-electron chi connectivity index (χ3n) is 5.75. The lowest BCUT2D eigenvalue weighted by molar-refractivity contribution is 0.0977. The first-order valence-corrected chi connectivity index (χ1v) is 15.0. The van der Waals surface area contributed by atoms with Crippen LogP contribution in [0, 0.1) is 0 Å². The van der Waals surface area contributed by atoms with Crippen LogP contribution < -0.4 is 15.4 Å². The third kappa shape index (κ3) is 8.62. The van der Waals surface area contributed by atoms with Crippen LogP contribution in [0.5, 0.6) is 5.75 Å². The Morgan fingerprint density at radius 1 is 1.00 bits per heavy atom. The zero-order valence-electron chi connectivity index (χ0n) is 21.4. The highest BCUT2D eigenvalue weighted by Crippen LogP contribution is 2.26. The summed E-state index contributed by atoms with van der Waals surface area (Å²) in [6.45, 7) is 3.06. The van der Waals surface area contributed by atoms with Gasteiger partial charge in [-0.15, -0.1) is 0 Å². The number of benzene rings is 3. The average molecular weight is 619 g/mol. The minimum atomic E-state index is -3.67. The van der Waals surface area contributed by atoms with Gasteiger partial charge in [0, 0.05) is 24.8 Å². The zero-order valence-corrected chi connectivity index (χ0v) is 24.7. The summed E-state index contributed by atoms with van der Waals surface area (Å²) in [6.07, 6.45) is 4.47. The molecule has 0 aliphatic rings. The van der Waals surface area contributed by atoms with Gasteiger partial charge >= 0.3 is 0 Å². The van der Waals surface area contributed by atoms with Gasteiger partial charge in [0.25, 0.3) is 5.91 Å². The van der Waals surface area contributed by atoms with Crippen LogP contribution in [0.2, 0.25) is 0 Å². The maximum Gasteiger partial charge on any atom is 0.257 e. The molecule has 0 atom stereocenters. The second-order valence-corrected chi connectivity index (χ2v) is 12.0. The van der Waals surface area contributed by atoms with E-state index < -0.39 is 10.0 Å². The van der Waals surface area contributed by atoms with E-state index in [4.69, 9.17) is 17.0 Å². The first-order chi connectivity index (χ1) is 18.2. The van der Waals surface area contributed by atoms with Crippen LogP contribution in [0.25, 0.3) is 0 Å². The minimum Gasteiger partial charge on any atom is -0.492 e. The van der Waals surface area contributed by atoms with E-state index in [2.05, 4.69) is 33.5 Å². The molecule has 3 rings (SSSR count). The van der Waals surface area contributed by atoms with Crippen LogP contribution >= 0.6 is 28.1 Å². The van der Waals surface area contributed by atoms with Crippen molar-refractivity contribution in [3.8, 4) is 5.75 Å². The predicted octanol–water partition coefficient (Wildman–Crippen LogP) is 6.36. The van der Waals surface area contributed by atoms with E-state index >= 15 is 0 Å². The number of nitrogens with zero attached hydrogens (tertiary/aromatic N) is 1. The van der Waals surface area contributed by atoms with Crippen LogP contribution in [0.3, 0.4) is 0 Å². The second-order valence-electron chi connectivity index (χ2n) is 8.73. The molecule has 10 heteroatoms. The fourth-order valence-corrected chi connectivity index (χ4v) is 5.49. The highest BCUT2D eigenvalue weighted by atomic mass is 79.9. The predicted molar refractivity (Wildman–Crippen MR) is 159 cm³/mol. The molecule has 0 spiro atoms. The molecule has 3 aromatic carbocycles. The van der Waals surface area contributed by atoms with Gasteiger partial charge in [-0.2, -0.15) is 4.31 Å². The van der Waals surface area contributed by atoms with Crippen LogP contribution in [-0.2, 0) is 16.6 Å². The Bertz CT molecular complexity index is 1330. The molecule has 0 radical (unpaired) electrons. The van der Waals surface area contributed by atoms with E-state index in [9.17, 15) is 13.2 Å². The molecule has 0 saturated carbocycles. The van der Waals surface area contributed by atoms with Crippen molar-refractivity contribution in [2.75, 3.05) is 19.0 Å². The number of rotatable bonds is 12. The maximum absolute atomic E-state index is 12.9. The molecule has 0 saturated heterocycles. The molecule has 0 bridgehead atoms. The van der Waals surface area contributed by atoms with Gasteiger partial charge in [-0.1, -0.05) is 56.5 Å². The monoisotopic (exact) mass is 617 g/mol. The van der Waals surface area contributed by atoms with E-state index in [1.165, 1.54) is 29.3 Å². The molecule has 0 fully saturated rings. The zero-order chi connectivity index (χ0) is 27.5. The van der Waals surface area contributed by atoms with Gasteiger partial charge in [-0.05, 0) is 82.6 Å². The van der Waals surface area contributed by atoms with Gasteiger partial charge in [0.05, 0.1) is 16.0 Å². The third-order valence-corrected chi connectivity index (χ3v) is 8.39. The standard InChI is InChI=1S/C28H32BrN3O4S2/c1-3-4-5-9-18-36-26-17-12-22(19-25(26)29)27(33)31-28(37)30-23-13-15-24(16-14-23)38(34,35)32(2)20-21-10-7-6-8-11-21/h6-8,10-17,19H,3-5,9,18,20H2,1-2H3,(H2,30,31,33,37). The van der Waals surface area contributed by atoms with Crippen molar-refractivity contribution in [3.05, 3.63) is 88.4 Å². The molecule has 0 aromatic heterocycles. The smallest absolute Gasteiger partial charge is 0.257 e. The van der Waals surface area contributed by atoms with Crippen molar-refractivity contribution in [2.45, 2.75) is 44.0 Å². The maximum atomic E-state index is 12.9. The molecule has 7 nitrogen and oxygen atoms in total. The minimum absolute atomic E-state index is 0.0965. The fourth-order valence-electron chi connectivity index (χ4n) is 3.62. The van der Waals surface area contributed by atoms with Crippen molar-refractivity contribution in [1.29, 1.82) is 0 Å². The van der Waals surface area contributed by atoms with Crippen molar-refractivity contribution in [3.63, 3.8) is 0 Å². The number of hydrogen-bond donors (Lipinski definition) is 2. The van der Waals surface area contributed by atoms with E-state index in [0.29, 0.717) is 28.1 Å². The quantitative estimate of drug-likeness (QED) is 0.182. The summed E-state index contributed by atoms with van der Waals surface area (Å²) < 4.78 is 33.7. The summed E-state index contributed by atoms with van der Waals surface area (Å²) in [7, 11) is -2.12. The van der Waals surface area contributed by atoms with Gasteiger partial charge in [0.1, 0.15) is 5.75 Å². The summed E-state index contributed by atoms with van der Waals surface area (Å²) in [6, 6.07) is 20.7. The highest BCUT2D eigenvalue weighted by molar-refractivity contribution is 9.10. The molecule has 0 unspecified atom stereocenters. The Morgan fingerprint density at radius 2 is 1.71 bits per heavy atom. The number of hydrogen-bond acceptors (Lipinski definition) is 5. The van der Waals surface area contributed by atoms with Crippen molar-refractivity contribution < 1.29 is 17.9 Å². The first-order valence-electron chi connectivity index (χ1n) is 12.4. The molecule has 38 heavy (non-hydrogen) atoms. The lowest BCUT2D eigenvalue weighted by Crippen LogP contribution is -2.34. The Morgan fingerprint density at radius 3 is 2.37 bits per heavy atom. The van der Waals surface area contributed by atoms with Gasteiger partial charge in [0.2, 0.25) is 10.0 Å². The lowest BCUT2D eigenvalue weighted by atomic mass is 10.2. The average Bonchev–Trinajstić information content (AvgIpc) is 2.90. The number of carbonyl (C=O) groups is 1. The number of ether oxygens (including phenoxy) is 1. The van der Waals surface area contributed by atoms with Crippen molar-refractivity contribution in [2.24, 2.45) is 0 Å². The second kappa shape index (κ2) is 14.4. The molecular weight excluding hydrogens is 586 g/mol. The number of sulfonamides is 1. The van der Waals surface area contributed by atoms with E-state index in [0.717, 1.165) is 18.4 Å². The normalized spacial score (nSPS) is 11.3. The molecule has 202 valence electrons. The van der Waals surface area contributed by atoms with Gasteiger partial charge < -0.3 is 10.1 Å². The van der Waals surface area contributed by atoms with E-state index in [1.807, 2.05) is 30.3 Å². The van der Waals surface area contributed by atoms with E-state index in [1.54, 1.807) is 37.4 Å². The van der Waals surface area contributed by atoms with Crippen LogP contribution in [0.4, 0.5) is 5.69 Å². The van der Waals surface area contributed by atoms with Gasteiger partial charge in [-0.3, -0.25) is 10.1 Å². The summed E-state index contributed by atoms with van der Waals surface area (Å²) in [5.74, 6) is 0.308. The Hall–Kier alpha value is -2.79. The number of halogens is 1. The lowest BCUT2D eigenvalue weighted by Gasteiger charge is -2.18. The fraction of sp³-hybridized carbons (Fsp3) is 0.286. The molecule has 0 aliphatic carbocycles. The number of nitrogens with one attached hydrogen (secondary N) is 2. The summed E-state index contributed by atoms with van der Waals surface area (Å²) >= 11 is 8.74. The SMILES string of the molecule is CCCCCCOc1ccc(C(=O)NC(=S)Nc2ccc(S(=O)(=O)N(C)Cc3ccccc3)cc2)cc1Br. The number of anilines is 1. The van der Waals surface area contributed by atoms with Crippen LogP contribution in [0.15, 0.2) is 82.2 Å². The summed E-state index contributed by atoms with van der Waals surface area (Å²) in [5.41, 5.74) is 1.87. The van der Waals surface area contributed by atoms with Gasteiger partial charge in [-0.25, -0.2) is 8.42 Å². The molecule has 0 aliphatic heterocycles. The molecular formula is C28H32BrN3O4S2. The van der Waals surface area contributed by atoms with Crippen LogP contribution in [0.1, 0.15) is 48.5 Å². The molecule has 3 aromatic rings. The topological polar surface area (TPSA) is 87.7 Å². The van der Waals surface area contributed by atoms with Gasteiger partial charge in [0.15, 0.2) is 5.11 Å². The number of thiocarbonyl (C=S) groups is 1. The van der Waals surface area contributed by atoms with Crippen molar-refractivity contribution >= 4 is 54.9 Å². The molecule has 2 N–H and O–H groups in total. The Balaban J connectivity index is 1.53. The Labute approximate surface area is 238 Å². The highest BCUT2D eigenvalue weighted by Gasteiger charge is 2.21. The molecule has 0 heterocycles. The number of carbonyl (C=O) groups excluding carboxylic acids is 1. The summed E-state index contributed by atoms with van der Waals surface area (Å²) in [4.78, 5) is 12.8. The molecule has 1 amide bonds. The first kappa shape index (κ1) is 29.8. The summed E-state index contributed by atoms with van der Waals surface area (Å²) in [5, 5.41) is 5.65. The Kier molecular flexibility index (Phi) is 11.3. The largest absolute Gasteiger partial charge is 0.492 e. The van der Waals surface area contributed by atoms with Crippen molar-refractivity contribution in [1.82, 2.24) is 9.62 Å². The number of unbranched alkanes of at least 4 members (excludes halogenated alkanes) is 3. The van der Waals surface area contributed by atoms with Crippen LogP contribution in [-0.4, -0.2) is 37.4 Å². The van der Waals surface area contributed by atoms with E-state index in [-0.39, 0.29) is 22.5 Å².